The molecule has 1 amide bonds. The summed E-state index contributed by atoms with van der Waals surface area (Å²) in [5.74, 6) is 1.86. The summed E-state index contributed by atoms with van der Waals surface area (Å²) in [6.45, 7) is 10.4. The fourth-order valence-corrected chi connectivity index (χ4v) is 2.87. The van der Waals surface area contributed by atoms with Crippen LogP contribution in [0.1, 0.15) is 34.1 Å². The van der Waals surface area contributed by atoms with Crippen molar-refractivity contribution < 1.29 is 9.53 Å². The molecule has 2 aliphatic rings. The lowest BCUT2D eigenvalue weighted by Gasteiger charge is -2.35. The van der Waals surface area contributed by atoms with E-state index in [1.165, 1.54) is 12.8 Å². The third kappa shape index (κ3) is 4.77. The number of amides is 1. The van der Waals surface area contributed by atoms with Gasteiger partial charge in [0.05, 0.1) is 19.8 Å². The quantitative estimate of drug-likeness (QED) is 0.784. The maximum Gasteiger partial charge on any atom is 0.236 e. The summed E-state index contributed by atoms with van der Waals surface area (Å²) in [5.41, 5.74) is 0. The number of ether oxygens (including phenoxy) is 1. The van der Waals surface area contributed by atoms with Crippen molar-refractivity contribution in [3.63, 3.8) is 0 Å². The lowest BCUT2D eigenvalue weighted by atomic mass is 9.87. The molecule has 2 saturated heterocycles. The molecule has 2 heterocycles. The lowest BCUT2D eigenvalue weighted by molar-refractivity contribution is -0.135. The summed E-state index contributed by atoms with van der Waals surface area (Å²) in [5, 5.41) is 0. The summed E-state index contributed by atoms with van der Waals surface area (Å²) in [4.78, 5) is 16.4. The molecule has 0 unspecified atom stereocenters. The van der Waals surface area contributed by atoms with Crippen LogP contribution in [0.5, 0.6) is 0 Å². The van der Waals surface area contributed by atoms with Crippen LogP contribution in [0.2, 0.25) is 0 Å². The largest absolute Gasteiger partial charge is 0.379 e. The third-order valence-corrected chi connectivity index (χ3v) is 4.30. The van der Waals surface area contributed by atoms with Crippen LogP contribution in [-0.2, 0) is 9.53 Å². The number of rotatable bonds is 3. The van der Waals surface area contributed by atoms with Crippen LogP contribution in [0.4, 0.5) is 0 Å². The van der Waals surface area contributed by atoms with E-state index in [9.17, 15) is 4.79 Å². The number of piperidine rings is 1. The van der Waals surface area contributed by atoms with Crippen LogP contribution in [0.25, 0.3) is 0 Å². The predicted molar refractivity (Wildman–Crippen MR) is 78.1 cm³/mol. The Labute approximate surface area is 118 Å². The average Bonchev–Trinajstić information content (AvgIpc) is 2.40. The Morgan fingerprint density at radius 2 is 1.74 bits per heavy atom. The van der Waals surface area contributed by atoms with E-state index in [0.717, 1.165) is 51.2 Å². The van der Waals surface area contributed by atoms with E-state index in [-0.39, 0.29) is 7.43 Å². The van der Waals surface area contributed by atoms with Gasteiger partial charge in [0, 0.05) is 26.2 Å². The van der Waals surface area contributed by atoms with Crippen molar-refractivity contribution in [2.75, 3.05) is 45.9 Å². The molecular formula is C15H30N2O2. The van der Waals surface area contributed by atoms with E-state index in [2.05, 4.69) is 18.7 Å². The van der Waals surface area contributed by atoms with Crippen LogP contribution in [0.3, 0.4) is 0 Å². The summed E-state index contributed by atoms with van der Waals surface area (Å²) in [6.07, 6.45) is 2.35. The number of hydrogen-bond donors (Lipinski definition) is 0. The maximum atomic E-state index is 12.2. The van der Waals surface area contributed by atoms with Gasteiger partial charge in [-0.25, -0.2) is 0 Å². The van der Waals surface area contributed by atoms with E-state index >= 15 is 0 Å². The van der Waals surface area contributed by atoms with Crippen molar-refractivity contribution in [3.05, 3.63) is 0 Å². The van der Waals surface area contributed by atoms with Crippen molar-refractivity contribution in [2.24, 2.45) is 11.8 Å². The van der Waals surface area contributed by atoms with Gasteiger partial charge in [0.15, 0.2) is 0 Å². The molecule has 0 aliphatic carbocycles. The molecule has 0 radical (unpaired) electrons. The number of nitrogens with zero attached hydrogens (tertiary/aromatic N) is 2. The van der Waals surface area contributed by atoms with Crippen molar-refractivity contribution in [3.8, 4) is 0 Å². The predicted octanol–water partition coefficient (Wildman–Crippen LogP) is 1.85. The van der Waals surface area contributed by atoms with Gasteiger partial charge in [-0.1, -0.05) is 21.3 Å². The Morgan fingerprint density at radius 3 is 2.26 bits per heavy atom. The molecule has 0 saturated carbocycles. The van der Waals surface area contributed by atoms with E-state index in [1.807, 2.05) is 4.90 Å². The molecule has 4 heteroatoms. The average molecular weight is 270 g/mol. The molecule has 4 nitrogen and oxygen atoms in total. The number of likely N-dealkylation sites (tertiary alicyclic amines) is 1. The van der Waals surface area contributed by atoms with Crippen molar-refractivity contribution in [1.82, 2.24) is 9.80 Å². The Balaban J connectivity index is 0.00000180. The molecule has 0 aromatic carbocycles. The Morgan fingerprint density at radius 1 is 1.16 bits per heavy atom. The molecule has 2 rings (SSSR count). The Hall–Kier alpha value is -0.610. The zero-order chi connectivity index (χ0) is 13.0. The van der Waals surface area contributed by atoms with Crippen LogP contribution in [0.15, 0.2) is 0 Å². The standard InChI is InChI=1S/C14H26N2O2.CH4/c1-12(2)13-3-5-16(6-4-13)14(17)11-15-7-9-18-10-8-15;/h12-13H,3-11H2,1-2H3;1H4. The van der Waals surface area contributed by atoms with Crippen molar-refractivity contribution in [2.45, 2.75) is 34.1 Å². The monoisotopic (exact) mass is 270 g/mol. The molecule has 0 aromatic rings. The van der Waals surface area contributed by atoms with Gasteiger partial charge in [-0.05, 0) is 24.7 Å². The van der Waals surface area contributed by atoms with Gasteiger partial charge in [0.2, 0.25) is 5.91 Å². The minimum atomic E-state index is 0. The fourth-order valence-electron chi connectivity index (χ4n) is 2.87. The minimum Gasteiger partial charge on any atom is -0.379 e. The van der Waals surface area contributed by atoms with Gasteiger partial charge in [-0.2, -0.15) is 0 Å². The zero-order valence-corrected chi connectivity index (χ0v) is 11.7. The first-order valence-corrected chi connectivity index (χ1v) is 7.24. The Bertz CT molecular complexity index is 267. The molecule has 0 aromatic heterocycles. The second-order valence-corrected chi connectivity index (χ2v) is 5.85. The van der Waals surface area contributed by atoms with E-state index in [4.69, 9.17) is 4.74 Å². The van der Waals surface area contributed by atoms with Crippen LogP contribution in [0, 0.1) is 11.8 Å². The molecule has 0 bridgehead atoms. The molecular weight excluding hydrogens is 240 g/mol. The molecule has 0 N–H and O–H groups in total. The summed E-state index contributed by atoms with van der Waals surface area (Å²) >= 11 is 0. The van der Waals surface area contributed by atoms with E-state index in [0.29, 0.717) is 12.5 Å². The molecule has 19 heavy (non-hydrogen) atoms. The van der Waals surface area contributed by atoms with Crippen molar-refractivity contribution in [1.29, 1.82) is 0 Å². The molecule has 0 spiro atoms. The highest BCUT2D eigenvalue weighted by molar-refractivity contribution is 5.78. The molecule has 2 fully saturated rings. The maximum absolute atomic E-state index is 12.2. The first kappa shape index (κ1) is 16.4. The molecule has 112 valence electrons. The summed E-state index contributed by atoms with van der Waals surface area (Å²) in [7, 11) is 0. The summed E-state index contributed by atoms with van der Waals surface area (Å²) in [6, 6.07) is 0. The Kier molecular flexibility index (Phi) is 6.80. The molecule has 2 aliphatic heterocycles. The van der Waals surface area contributed by atoms with E-state index < -0.39 is 0 Å². The van der Waals surface area contributed by atoms with Gasteiger partial charge in [-0.3, -0.25) is 9.69 Å². The SMILES string of the molecule is C.CC(C)C1CCN(C(=O)CN2CCOCC2)CC1. The van der Waals surface area contributed by atoms with Gasteiger partial charge >= 0.3 is 0 Å². The van der Waals surface area contributed by atoms with E-state index in [1.54, 1.807) is 0 Å². The van der Waals surface area contributed by atoms with Crippen LogP contribution in [-0.4, -0.2) is 61.6 Å². The van der Waals surface area contributed by atoms with Gasteiger partial charge in [-0.15, -0.1) is 0 Å². The second-order valence-electron chi connectivity index (χ2n) is 5.85. The topological polar surface area (TPSA) is 32.8 Å². The summed E-state index contributed by atoms with van der Waals surface area (Å²) < 4.78 is 5.30. The van der Waals surface area contributed by atoms with Gasteiger partial charge < -0.3 is 9.64 Å². The highest BCUT2D eigenvalue weighted by atomic mass is 16.5. The first-order valence-electron chi connectivity index (χ1n) is 7.24. The van der Waals surface area contributed by atoms with Gasteiger partial charge in [0.25, 0.3) is 0 Å². The number of carbonyl (C=O) groups excluding carboxylic acids is 1. The molecule has 0 atom stereocenters. The van der Waals surface area contributed by atoms with Crippen LogP contribution >= 0.6 is 0 Å². The normalized spacial score (nSPS) is 22.4. The number of carbonyl (C=O) groups is 1. The zero-order valence-electron chi connectivity index (χ0n) is 11.7. The fraction of sp³-hybridized carbons (Fsp3) is 0.933. The highest BCUT2D eigenvalue weighted by Crippen LogP contribution is 2.24. The van der Waals surface area contributed by atoms with Gasteiger partial charge in [0.1, 0.15) is 0 Å². The van der Waals surface area contributed by atoms with Crippen molar-refractivity contribution >= 4 is 5.91 Å². The number of morpholine rings is 1. The second kappa shape index (κ2) is 7.85. The van der Waals surface area contributed by atoms with Crippen LogP contribution < -0.4 is 0 Å². The lowest BCUT2D eigenvalue weighted by Crippen LogP contribution is -2.47. The minimum absolute atomic E-state index is 0. The highest BCUT2D eigenvalue weighted by Gasteiger charge is 2.25. The number of hydrogen-bond acceptors (Lipinski definition) is 3. The third-order valence-electron chi connectivity index (χ3n) is 4.30. The smallest absolute Gasteiger partial charge is 0.236 e. The first-order chi connectivity index (χ1) is 8.66.